The molecule has 0 bridgehead atoms. The summed E-state index contributed by atoms with van der Waals surface area (Å²) in [5.41, 5.74) is 3.32. The van der Waals surface area contributed by atoms with Gasteiger partial charge in [0.15, 0.2) is 0 Å². The summed E-state index contributed by atoms with van der Waals surface area (Å²) in [6.45, 7) is 2.54. The summed E-state index contributed by atoms with van der Waals surface area (Å²) in [5, 5.41) is 9.34. The number of aromatic nitrogens is 2. The Morgan fingerprint density at radius 2 is 1.81 bits per heavy atom. The van der Waals surface area contributed by atoms with Crippen LogP contribution in [-0.2, 0) is 13.0 Å². The lowest BCUT2D eigenvalue weighted by Crippen LogP contribution is -2.24. The van der Waals surface area contributed by atoms with E-state index in [1.165, 1.54) is 0 Å². The summed E-state index contributed by atoms with van der Waals surface area (Å²) in [7, 11) is 0. The van der Waals surface area contributed by atoms with Crippen LogP contribution in [0.15, 0.2) is 65.6 Å². The predicted molar refractivity (Wildman–Crippen MR) is 105 cm³/mol. The molecule has 0 aliphatic carbocycles. The Morgan fingerprint density at radius 3 is 2.48 bits per heavy atom. The highest BCUT2D eigenvalue weighted by atomic mass is 16.4. The molecule has 1 aromatic heterocycles. The maximum Gasteiger partial charge on any atom is 0.348 e. The average Bonchev–Trinajstić information content (AvgIpc) is 2.69. The van der Waals surface area contributed by atoms with Gasteiger partial charge in [0.1, 0.15) is 0 Å². The molecule has 0 amide bonds. The number of hydrogen-bond donors (Lipinski definition) is 1. The van der Waals surface area contributed by atoms with Crippen molar-refractivity contribution in [1.82, 2.24) is 9.55 Å². The highest BCUT2D eigenvalue weighted by Crippen LogP contribution is 2.24. The standard InChI is InChI=1S/C22H22N2O3/c1-2-3-6-18-13-14-24(22(27)23-18)15-16-9-11-17(12-10-16)19-7-4-5-8-20(19)21(25)26/h4-5,7-14H,2-3,6,15H2,1H3,(H,25,26). The van der Waals surface area contributed by atoms with Gasteiger partial charge in [-0.05, 0) is 41.7 Å². The molecule has 0 aliphatic rings. The minimum absolute atomic E-state index is 0.246. The van der Waals surface area contributed by atoms with E-state index in [1.807, 2.05) is 36.4 Å². The molecule has 0 radical (unpaired) electrons. The predicted octanol–water partition coefficient (Wildman–Crippen LogP) is 4.00. The van der Waals surface area contributed by atoms with E-state index in [4.69, 9.17) is 0 Å². The van der Waals surface area contributed by atoms with E-state index >= 15 is 0 Å². The molecule has 0 fully saturated rings. The van der Waals surface area contributed by atoms with Crippen LogP contribution in [0, 0.1) is 0 Å². The van der Waals surface area contributed by atoms with E-state index in [0.717, 1.165) is 36.1 Å². The van der Waals surface area contributed by atoms with Crippen molar-refractivity contribution in [2.75, 3.05) is 0 Å². The maximum atomic E-state index is 12.2. The summed E-state index contributed by atoms with van der Waals surface area (Å²) in [4.78, 5) is 27.7. The van der Waals surface area contributed by atoms with Crippen LogP contribution in [0.2, 0.25) is 0 Å². The lowest BCUT2D eigenvalue weighted by molar-refractivity contribution is 0.0697. The summed E-state index contributed by atoms with van der Waals surface area (Å²) in [6, 6.07) is 16.4. The number of carbonyl (C=O) groups is 1. The molecule has 0 atom stereocenters. The fraction of sp³-hybridized carbons (Fsp3) is 0.227. The SMILES string of the molecule is CCCCc1ccn(Cc2ccc(-c3ccccc3C(=O)O)cc2)c(=O)n1. The molecule has 2 aromatic carbocycles. The van der Waals surface area contributed by atoms with Gasteiger partial charge < -0.3 is 5.11 Å². The van der Waals surface area contributed by atoms with Gasteiger partial charge >= 0.3 is 11.7 Å². The van der Waals surface area contributed by atoms with Gasteiger partial charge in [0.05, 0.1) is 12.1 Å². The Labute approximate surface area is 158 Å². The molecule has 1 heterocycles. The minimum Gasteiger partial charge on any atom is -0.478 e. The quantitative estimate of drug-likeness (QED) is 0.689. The van der Waals surface area contributed by atoms with E-state index in [-0.39, 0.29) is 11.3 Å². The van der Waals surface area contributed by atoms with Crippen molar-refractivity contribution in [3.8, 4) is 11.1 Å². The highest BCUT2D eigenvalue weighted by Gasteiger charge is 2.10. The normalized spacial score (nSPS) is 10.7. The number of carboxylic acid groups (broad SMARTS) is 1. The van der Waals surface area contributed by atoms with Gasteiger partial charge in [-0.2, -0.15) is 4.98 Å². The molecule has 0 unspecified atom stereocenters. The number of rotatable bonds is 7. The first-order valence-electron chi connectivity index (χ1n) is 9.06. The molecule has 5 heteroatoms. The second kappa shape index (κ2) is 8.45. The van der Waals surface area contributed by atoms with E-state index in [0.29, 0.717) is 12.1 Å². The largest absolute Gasteiger partial charge is 0.478 e. The van der Waals surface area contributed by atoms with Gasteiger partial charge in [0.2, 0.25) is 0 Å². The monoisotopic (exact) mass is 362 g/mol. The second-order valence-electron chi connectivity index (χ2n) is 6.48. The molecule has 0 saturated carbocycles. The van der Waals surface area contributed by atoms with Crippen LogP contribution in [0.5, 0.6) is 0 Å². The first kappa shape index (κ1) is 18.6. The van der Waals surface area contributed by atoms with Crippen molar-refractivity contribution in [2.24, 2.45) is 0 Å². The van der Waals surface area contributed by atoms with Crippen molar-refractivity contribution < 1.29 is 9.90 Å². The maximum absolute atomic E-state index is 12.2. The third kappa shape index (κ3) is 4.50. The van der Waals surface area contributed by atoms with Crippen molar-refractivity contribution in [3.63, 3.8) is 0 Å². The fourth-order valence-electron chi connectivity index (χ4n) is 2.99. The summed E-state index contributed by atoms with van der Waals surface area (Å²) in [5.74, 6) is -0.949. The van der Waals surface area contributed by atoms with Crippen molar-refractivity contribution in [2.45, 2.75) is 32.7 Å². The van der Waals surface area contributed by atoms with Gasteiger partial charge in [-0.1, -0.05) is 55.8 Å². The zero-order valence-electron chi connectivity index (χ0n) is 15.3. The highest BCUT2D eigenvalue weighted by molar-refractivity contribution is 5.95. The molecule has 138 valence electrons. The lowest BCUT2D eigenvalue weighted by Gasteiger charge is -2.09. The van der Waals surface area contributed by atoms with Crippen LogP contribution in [0.1, 0.15) is 41.4 Å². The summed E-state index contributed by atoms with van der Waals surface area (Å²) >= 11 is 0. The van der Waals surface area contributed by atoms with Gasteiger partial charge in [-0.3, -0.25) is 4.57 Å². The smallest absolute Gasteiger partial charge is 0.348 e. The molecule has 5 nitrogen and oxygen atoms in total. The van der Waals surface area contributed by atoms with Crippen LogP contribution in [0.3, 0.4) is 0 Å². The van der Waals surface area contributed by atoms with E-state index in [9.17, 15) is 14.7 Å². The zero-order chi connectivity index (χ0) is 19.2. The van der Waals surface area contributed by atoms with Crippen molar-refractivity contribution in [3.05, 3.63) is 88.1 Å². The van der Waals surface area contributed by atoms with Gasteiger partial charge in [-0.25, -0.2) is 9.59 Å². The van der Waals surface area contributed by atoms with Crippen LogP contribution in [-0.4, -0.2) is 20.6 Å². The molecule has 3 rings (SSSR count). The lowest BCUT2D eigenvalue weighted by atomic mass is 9.99. The molecule has 1 N–H and O–H groups in total. The van der Waals surface area contributed by atoms with Crippen molar-refractivity contribution in [1.29, 1.82) is 0 Å². The average molecular weight is 362 g/mol. The van der Waals surface area contributed by atoms with Gasteiger partial charge in [0, 0.05) is 11.9 Å². The number of aryl methyl sites for hydroxylation is 1. The first-order valence-corrected chi connectivity index (χ1v) is 9.06. The molecule has 3 aromatic rings. The number of carboxylic acids is 1. The Balaban J connectivity index is 1.79. The molecule has 27 heavy (non-hydrogen) atoms. The van der Waals surface area contributed by atoms with Crippen molar-refractivity contribution >= 4 is 5.97 Å². The van der Waals surface area contributed by atoms with E-state index in [2.05, 4.69) is 11.9 Å². The Bertz CT molecular complexity index is 991. The Hall–Kier alpha value is -3.21. The van der Waals surface area contributed by atoms with Gasteiger partial charge in [-0.15, -0.1) is 0 Å². The number of unbranched alkanes of at least 4 members (excludes halogenated alkanes) is 1. The number of aromatic carboxylic acids is 1. The molecule has 0 spiro atoms. The van der Waals surface area contributed by atoms with Crippen LogP contribution in [0.25, 0.3) is 11.1 Å². The fourth-order valence-corrected chi connectivity index (χ4v) is 2.99. The summed E-state index contributed by atoms with van der Waals surface area (Å²) < 4.78 is 1.58. The molecular weight excluding hydrogens is 340 g/mol. The third-order valence-electron chi connectivity index (χ3n) is 4.49. The minimum atomic E-state index is -0.949. The van der Waals surface area contributed by atoms with Crippen LogP contribution < -0.4 is 5.69 Å². The molecule has 0 aliphatic heterocycles. The number of hydrogen-bond acceptors (Lipinski definition) is 3. The first-order chi connectivity index (χ1) is 13.1. The van der Waals surface area contributed by atoms with Gasteiger partial charge in [0.25, 0.3) is 0 Å². The Kier molecular flexibility index (Phi) is 5.81. The van der Waals surface area contributed by atoms with Crippen LogP contribution >= 0.6 is 0 Å². The number of nitrogens with zero attached hydrogens (tertiary/aromatic N) is 2. The Morgan fingerprint density at radius 1 is 1.07 bits per heavy atom. The topological polar surface area (TPSA) is 72.2 Å². The second-order valence-corrected chi connectivity index (χ2v) is 6.48. The molecule has 0 saturated heterocycles. The third-order valence-corrected chi connectivity index (χ3v) is 4.49. The van der Waals surface area contributed by atoms with E-state index in [1.54, 1.807) is 29.0 Å². The number of benzene rings is 2. The zero-order valence-corrected chi connectivity index (χ0v) is 15.3. The summed E-state index contributed by atoms with van der Waals surface area (Å²) in [6.07, 6.45) is 4.70. The molecular formula is C22H22N2O3. The van der Waals surface area contributed by atoms with E-state index < -0.39 is 5.97 Å². The van der Waals surface area contributed by atoms with Crippen LogP contribution in [0.4, 0.5) is 0 Å².